The average molecular weight is 347 g/mol. The Balaban J connectivity index is 2.04. The molecule has 0 radical (unpaired) electrons. The molecule has 1 aromatic carbocycles. The van der Waals surface area contributed by atoms with E-state index in [4.69, 9.17) is 28.3 Å². The van der Waals surface area contributed by atoms with E-state index in [0.717, 1.165) is 5.69 Å². The lowest BCUT2D eigenvalue weighted by Crippen LogP contribution is -2.56. The van der Waals surface area contributed by atoms with Gasteiger partial charge in [-0.15, -0.1) is 0 Å². The summed E-state index contributed by atoms with van der Waals surface area (Å²) in [6.07, 6.45) is -0.405. The Morgan fingerprint density at radius 3 is 2.68 bits per heavy atom. The van der Waals surface area contributed by atoms with E-state index in [9.17, 15) is 9.90 Å². The van der Waals surface area contributed by atoms with Crippen LogP contribution in [0.5, 0.6) is 0 Å². The number of hydrogen-bond acceptors (Lipinski definition) is 4. The first-order valence-electron chi connectivity index (χ1n) is 7.23. The molecule has 1 heterocycles. The Labute approximate surface area is 140 Å². The van der Waals surface area contributed by atoms with Crippen LogP contribution in [0.1, 0.15) is 13.3 Å². The second kappa shape index (κ2) is 7.51. The van der Waals surface area contributed by atoms with Crippen molar-refractivity contribution in [2.45, 2.75) is 25.5 Å². The van der Waals surface area contributed by atoms with Gasteiger partial charge in [0.25, 0.3) is 0 Å². The summed E-state index contributed by atoms with van der Waals surface area (Å²) in [5.74, 6) is 0.00228. The smallest absolute Gasteiger partial charge is 0.245 e. The van der Waals surface area contributed by atoms with Gasteiger partial charge < -0.3 is 20.0 Å². The van der Waals surface area contributed by atoms with Gasteiger partial charge in [-0.25, -0.2) is 0 Å². The van der Waals surface area contributed by atoms with Gasteiger partial charge in [-0.2, -0.15) is 0 Å². The van der Waals surface area contributed by atoms with Gasteiger partial charge in [0.15, 0.2) is 0 Å². The maximum atomic E-state index is 12.4. The Bertz CT molecular complexity index is 542. The maximum absolute atomic E-state index is 12.4. The molecule has 1 aliphatic heterocycles. The molecule has 2 rings (SSSR count). The first kappa shape index (κ1) is 17.3. The van der Waals surface area contributed by atoms with Crippen molar-refractivity contribution >= 4 is 34.8 Å². The fraction of sp³-hybridized carbons (Fsp3) is 0.533. The molecule has 5 nitrogen and oxygen atoms in total. The number of nitrogens with zero attached hydrogens (tertiary/aromatic N) is 2. The van der Waals surface area contributed by atoms with Crippen LogP contribution in [-0.4, -0.2) is 59.4 Å². The quantitative estimate of drug-likeness (QED) is 0.852. The predicted octanol–water partition coefficient (Wildman–Crippen LogP) is 1.77. The van der Waals surface area contributed by atoms with Crippen molar-refractivity contribution < 1.29 is 15.0 Å². The number of anilines is 1. The molecule has 7 heteroatoms. The molecule has 1 fully saturated rings. The molecular formula is C15H20Cl2N2O3. The maximum Gasteiger partial charge on any atom is 0.245 e. The van der Waals surface area contributed by atoms with Crippen LogP contribution in [0.25, 0.3) is 0 Å². The molecule has 22 heavy (non-hydrogen) atoms. The highest BCUT2D eigenvalue weighted by Gasteiger charge is 2.31. The lowest BCUT2D eigenvalue weighted by molar-refractivity contribution is -0.134. The number of aliphatic hydroxyl groups excluding tert-OH is 2. The molecule has 2 N–H and O–H groups in total. The summed E-state index contributed by atoms with van der Waals surface area (Å²) in [5.41, 5.74) is 0.866. The topological polar surface area (TPSA) is 64.0 Å². The summed E-state index contributed by atoms with van der Waals surface area (Å²) in [7, 11) is 0. The van der Waals surface area contributed by atoms with Gasteiger partial charge in [-0.05, 0) is 31.5 Å². The van der Waals surface area contributed by atoms with Crippen LogP contribution < -0.4 is 4.90 Å². The lowest BCUT2D eigenvalue weighted by Gasteiger charge is -2.40. The fourth-order valence-corrected chi connectivity index (χ4v) is 2.86. The molecule has 122 valence electrons. The van der Waals surface area contributed by atoms with Crippen LogP contribution in [0.4, 0.5) is 5.69 Å². The van der Waals surface area contributed by atoms with E-state index >= 15 is 0 Å². The van der Waals surface area contributed by atoms with Crippen molar-refractivity contribution in [1.29, 1.82) is 0 Å². The second-order valence-corrected chi connectivity index (χ2v) is 6.23. The van der Waals surface area contributed by atoms with E-state index in [1.54, 1.807) is 17.0 Å². The van der Waals surface area contributed by atoms with E-state index in [2.05, 4.69) is 0 Å². The van der Waals surface area contributed by atoms with Gasteiger partial charge in [-0.1, -0.05) is 23.2 Å². The van der Waals surface area contributed by atoms with Crippen LogP contribution in [-0.2, 0) is 4.79 Å². The van der Waals surface area contributed by atoms with Crippen molar-refractivity contribution in [2.24, 2.45) is 0 Å². The lowest BCUT2D eigenvalue weighted by atomic mass is 10.1. The highest BCUT2D eigenvalue weighted by molar-refractivity contribution is 6.42. The summed E-state index contributed by atoms with van der Waals surface area (Å²) in [6, 6.07) is 5.03. The van der Waals surface area contributed by atoms with Gasteiger partial charge >= 0.3 is 0 Å². The number of carbonyl (C=O) groups is 1. The first-order valence-corrected chi connectivity index (χ1v) is 7.99. The number of carbonyl (C=O) groups excluding carboxylic acids is 1. The van der Waals surface area contributed by atoms with Crippen molar-refractivity contribution in [3.8, 4) is 0 Å². The molecule has 0 saturated carbocycles. The molecule has 1 amide bonds. The standard InChI is InChI=1S/C15H20Cl2N2O3/c1-10-15(22)18(5-4-12(21)9-20)6-7-19(10)11-2-3-13(16)14(17)8-11/h2-3,8,10,12,20-21H,4-7,9H2,1H3/t10?,12-/m1/s1. The normalized spacial score (nSPS) is 20.4. The van der Waals surface area contributed by atoms with E-state index in [-0.39, 0.29) is 18.6 Å². The number of halogens is 2. The SMILES string of the molecule is CC1C(=O)N(CC[C@@H](O)CO)CCN1c1ccc(Cl)c(Cl)c1. The molecule has 0 spiro atoms. The number of rotatable bonds is 5. The van der Waals surface area contributed by atoms with Crippen molar-refractivity contribution in [2.75, 3.05) is 31.1 Å². The minimum atomic E-state index is -0.781. The Morgan fingerprint density at radius 2 is 2.05 bits per heavy atom. The average Bonchev–Trinajstić information content (AvgIpc) is 2.51. The molecule has 1 aliphatic rings. The zero-order chi connectivity index (χ0) is 16.3. The van der Waals surface area contributed by atoms with Gasteiger partial charge in [-0.3, -0.25) is 4.79 Å². The molecule has 1 unspecified atom stereocenters. The summed E-state index contributed by atoms with van der Waals surface area (Å²) < 4.78 is 0. The molecule has 0 bridgehead atoms. The summed E-state index contributed by atoms with van der Waals surface area (Å²) >= 11 is 12.0. The van der Waals surface area contributed by atoms with Gasteiger partial charge in [0.2, 0.25) is 5.91 Å². The first-order chi connectivity index (χ1) is 10.4. The molecular weight excluding hydrogens is 327 g/mol. The largest absolute Gasteiger partial charge is 0.394 e. The Hall–Kier alpha value is -1.01. The van der Waals surface area contributed by atoms with Crippen molar-refractivity contribution in [1.82, 2.24) is 4.90 Å². The number of aliphatic hydroxyl groups is 2. The number of benzene rings is 1. The fourth-order valence-electron chi connectivity index (χ4n) is 2.56. The minimum absolute atomic E-state index is 0.00228. The van der Waals surface area contributed by atoms with Crippen LogP contribution in [0.15, 0.2) is 18.2 Å². The third kappa shape index (κ3) is 3.84. The number of hydrogen-bond donors (Lipinski definition) is 2. The molecule has 0 aromatic heterocycles. The Kier molecular flexibility index (Phi) is 5.92. The highest BCUT2D eigenvalue weighted by Crippen LogP contribution is 2.29. The van der Waals surface area contributed by atoms with Gasteiger partial charge in [0.05, 0.1) is 22.8 Å². The summed E-state index contributed by atoms with van der Waals surface area (Å²) in [5, 5.41) is 19.2. The molecule has 1 saturated heterocycles. The predicted molar refractivity (Wildman–Crippen MR) is 87.6 cm³/mol. The van der Waals surface area contributed by atoms with Crippen LogP contribution in [0.3, 0.4) is 0 Å². The van der Waals surface area contributed by atoms with E-state index in [0.29, 0.717) is 36.1 Å². The second-order valence-electron chi connectivity index (χ2n) is 5.42. The monoisotopic (exact) mass is 346 g/mol. The van der Waals surface area contributed by atoms with Gasteiger partial charge in [0, 0.05) is 25.3 Å². The minimum Gasteiger partial charge on any atom is -0.394 e. The number of piperazine rings is 1. The summed E-state index contributed by atoms with van der Waals surface area (Å²) in [4.78, 5) is 16.2. The van der Waals surface area contributed by atoms with Crippen LogP contribution in [0, 0.1) is 0 Å². The molecule has 1 aromatic rings. The van der Waals surface area contributed by atoms with Crippen molar-refractivity contribution in [3.63, 3.8) is 0 Å². The van der Waals surface area contributed by atoms with E-state index < -0.39 is 6.10 Å². The van der Waals surface area contributed by atoms with Gasteiger partial charge in [0.1, 0.15) is 6.04 Å². The van der Waals surface area contributed by atoms with Crippen molar-refractivity contribution in [3.05, 3.63) is 28.2 Å². The summed E-state index contributed by atoms with van der Waals surface area (Å²) in [6.45, 7) is 3.26. The Morgan fingerprint density at radius 1 is 1.32 bits per heavy atom. The third-order valence-electron chi connectivity index (χ3n) is 3.93. The van der Waals surface area contributed by atoms with Crippen LogP contribution >= 0.6 is 23.2 Å². The zero-order valence-corrected chi connectivity index (χ0v) is 13.9. The number of amides is 1. The van der Waals surface area contributed by atoms with E-state index in [1.165, 1.54) is 0 Å². The van der Waals surface area contributed by atoms with E-state index in [1.807, 2.05) is 17.9 Å². The van der Waals surface area contributed by atoms with Crippen LogP contribution in [0.2, 0.25) is 10.0 Å². The third-order valence-corrected chi connectivity index (χ3v) is 4.66. The molecule has 2 atom stereocenters. The molecule has 0 aliphatic carbocycles. The zero-order valence-electron chi connectivity index (χ0n) is 12.4. The highest BCUT2D eigenvalue weighted by atomic mass is 35.5.